The van der Waals surface area contributed by atoms with Crippen molar-refractivity contribution in [3.8, 4) is 0 Å². The Morgan fingerprint density at radius 3 is 1.87 bits per heavy atom. The number of anilines is 3. The minimum absolute atomic E-state index is 0.753. The molecule has 0 fully saturated rings. The number of para-hydroxylation sites is 1. The lowest BCUT2D eigenvalue weighted by Gasteiger charge is -2.26. The summed E-state index contributed by atoms with van der Waals surface area (Å²) in [5, 5.41) is 10.2. The van der Waals surface area contributed by atoms with Gasteiger partial charge in [0.25, 0.3) is 0 Å². The molecule has 1 heterocycles. The number of benzene rings is 7. The number of fused-ring (bicyclic) bond motifs is 7. The molecule has 8 rings (SSSR count). The minimum Gasteiger partial charge on any atom is -0.456 e. The van der Waals surface area contributed by atoms with Gasteiger partial charge in [-0.05, 0) is 93.0 Å². The Kier molecular flexibility index (Phi) is 4.91. The van der Waals surface area contributed by atoms with Gasteiger partial charge < -0.3 is 9.32 Å². The lowest BCUT2D eigenvalue weighted by atomic mass is 10.0. The van der Waals surface area contributed by atoms with Gasteiger partial charge in [-0.2, -0.15) is 0 Å². The monoisotopic (exact) mass is 519 g/mol. The second-order valence-electron chi connectivity index (χ2n) is 9.98. The maximum Gasteiger partial charge on any atom is 0.135 e. The van der Waals surface area contributed by atoms with Crippen LogP contribution in [0.1, 0.15) is 0 Å². The Morgan fingerprint density at radius 2 is 1.00 bits per heavy atom. The first-order valence-electron chi connectivity index (χ1n) is 13.0. The van der Waals surface area contributed by atoms with E-state index in [1.165, 1.54) is 26.9 Å². The van der Waals surface area contributed by atoms with Crippen LogP contribution in [0.3, 0.4) is 0 Å². The van der Waals surface area contributed by atoms with Crippen molar-refractivity contribution in [2.75, 3.05) is 4.90 Å². The van der Waals surface area contributed by atoms with E-state index in [1.54, 1.807) is 0 Å². The second-order valence-corrected chi connectivity index (χ2v) is 10.4. The lowest BCUT2D eigenvalue weighted by Crippen LogP contribution is -2.09. The molecule has 0 aliphatic rings. The molecule has 1 aromatic heterocycles. The van der Waals surface area contributed by atoms with Crippen LogP contribution in [0.15, 0.2) is 138 Å². The maximum absolute atomic E-state index is 6.27. The van der Waals surface area contributed by atoms with Crippen molar-refractivity contribution in [1.29, 1.82) is 0 Å². The highest BCUT2D eigenvalue weighted by atomic mass is 35.5. The standard InChI is InChI=1S/C36H22ClNO/c37-27-12-16-31-25(19-27)9-10-26-21-29(14-17-32(26)31)38(28-13-11-23-5-1-2-6-24(23)20-28)30-15-18-36-34(22-30)33-7-3-4-8-35(33)39-36/h1-22H. The van der Waals surface area contributed by atoms with Crippen LogP contribution in [0, 0.1) is 0 Å². The summed E-state index contributed by atoms with van der Waals surface area (Å²) in [5.74, 6) is 0. The van der Waals surface area contributed by atoms with Gasteiger partial charge in [-0.25, -0.2) is 0 Å². The van der Waals surface area contributed by atoms with Gasteiger partial charge in [0.1, 0.15) is 11.2 Å². The van der Waals surface area contributed by atoms with Gasteiger partial charge in [0, 0.05) is 32.9 Å². The smallest absolute Gasteiger partial charge is 0.135 e. The van der Waals surface area contributed by atoms with Crippen molar-refractivity contribution in [1.82, 2.24) is 0 Å². The molecule has 0 aliphatic carbocycles. The van der Waals surface area contributed by atoms with Crippen molar-refractivity contribution in [3.05, 3.63) is 138 Å². The third-order valence-electron chi connectivity index (χ3n) is 7.65. The van der Waals surface area contributed by atoms with Gasteiger partial charge in [0.05, 0.1) is 0 Å². The first-order valence-corrected chi connectivity index (χ1v) is 13.4. The summed E-state index contributed by atoms with van der Waals surface area (Å²) in [6.07, 6.45) is 0. The molecule has 0 saturated heterocycles. The number of nitrogens with zero attached hydrogens (tertiary/aromatic N) is 1. The number of hydrogen-bond donors (Lipinski definition) is 0. The fourth-order valence-electron chi connectivity index (χ4n) is 5.78. The second kappa shape index (κ2) is 8.62. The van der Waals surface area contributed by atoms with E-state index in [-0.39, 0.29) is 0 Å². The predicted octanol–water partition coefficient (Wildman–Crippen LogP) is 11.2. The fourth-order valence-corrected chi connectivity index (χ4v) is 5.97. The van der Waals surface area contributed by atoms with Gasteiger partial charge in [-0.15, -0.1) is 0 Å². The van der Waals surface area contributed by atoms with Crippen LogP contribution in [0.2, 0.25) is 5.02 Å². The van der Waals surface area contributed by atoms with Crippen LogP contribution in [-0.4, -0.2) is 0 Å². The van der Waals surface area contributed by atoms with Crippen LogP contribution in [0.5, 0.6) is 0 Å². The topological polar surface area (TPSA) is 16.4 Å². The van der Waals surface area contributed by atoms with Crippen LogP contribution < -0.4 is 4.90 Å². The molecule has 39 heavy (non-hydrogen) atoms. The Balaban J connectivity index is 1.37. The molecule has 0 aliphatic heterocycles. The average molecular weight is 520 g/mol. The molecule has 0 bridgehead atoms. The summed E-state index contributed by atoms with van der Waals surface area (Å²) < 4.78 is 6.14. The third kappa shape index (κ3) is 3.64. The molecule has 2 nitrogen and oxygen atoms in total. The normalized spacial score (nSPS) is 11.7. The summed E-state index contributed by atoms with van der Waals surface area (Å²) in [6, 6.07) is 47.0. The van der Waals surface area contributed by atoms with Crippen LogP contribution in [0.4, 0.5) is 17.1 Å². The molecule has 8 aromatic rings. The van der Waals surface area contributed by atoms with E-state index < -0.39 is 0 Å². The quantitative estimate of drug-likeness (QED) is 0.216. The molecule has 0 atom stereocenters. The van der Waals surface area contributed by atoms with Crippen LogP contribution >= 0.6 is 11.6 Å². The van der Waals surface area contributed by atoms with E-state index in [4.69, 9.17) is 16.0 Å². The van der Waals surface area contributed by atoms with E-state index in [0.29, 0.717) is 0 Å². The van der Waals surface area contributed by atoms with E-state index in [1.807, 2.05) is 24.3 Å². The Labute approximate surface area is 230 Å². The lowest BCUT2D eigenvalue weighted by molar-refractivity contribution is 0.669. The molecule has 3 heteroatoms. The van der Waals surface area contributed by atoms with Gasteiger partial charge >= 0.3 is 0 Å². The van der Waals surface area contributed by atoms with Crippen molar-refractivity contribution >= 4 is 82.9 Å². The Hall–Kier alpha value is -4.79. The van der Waals surface area contributed by atoms with Gasteiger partial charge in [-0.1, -0.05) is 84.4 Å². The minimum atomic E-state index is 0.753. The zero-order valence-corrected chi connectivity index (χ0v) is 21.7. The number of hydrogen-bond acceptors (Lipinski definition) is 2. The van der Waals surface area contributed by atoms with Crippen molar-refractivity contribution in [2.45, 2.75) is 0 Å². The van der Waals surface area contributed by atoms with Gasteiger partial charge in [0.2, 0.25) is 0 Å². The summed E-state index contributed by atoms with van der Waals surface area (Å²) in [5.41, 5.74) is 5.07. The van der Waals surface area contributed by atoms with E-state index in [2.05, 4.69) is 114 Å². The molecule has 0 unspecified atom stereocenters. The first kappa shape index (κ1) is 22.2. The summed E-state index contributed by atoms with van der Waals surface area (Å²) in [4.78, 5) is 2.33. The largest absolute Gasteiger partial charge is 0.456 e. The van der Waals surface area contributed by atoms with Gasteiger partial charge in [-0.3, -0.25) is 0 Å². The predicted molar refractivity (Wildman–Crippen MR) is 166 cm³/mol. The van der Waals surface area contributed by atoms with E-state index in [0.717, 1.165) is 49.4 Å². The molecule has 7 aromatic carbocycles. The molecule has 0 saturated carbocycles. The number of rotatable bonds is 3. The maximum atomic E-state index is 6.27. The zero-order chi connectivity index (χ0) is 25.9. The van der Waals surface area contributed by atoms with Crippen molar-refractivity contribution < 1.29 is 4.42 Å². The Morgan fingerprint density at radius 1 is 0.410 bits per heavy atom. The SMILES string of the molecule is Clc1ccc2c(ccc3cc(N(c4ccc5ccccc5c4)c4ccc5oc6ccccc6c5c4)ccc32)c1. The molecule has 0 amide bonds. The summed E-state index contributed by atoms with van der Waals surface area (Å²) in [6.45, 7) is 0. The van der Waals surface area contributed by atoms with Crippen molar-refractivity contribution in [3.63, 3.8) is 0 Å². The third-order valence-corrected chi connectivity index (χ3v) is 7.88. The van der Waals surface area contributed by atoms with Gasteiger partial charge in [0.15, 0.2) is 0 Å². The molecule has 0 radical (unpaired) electrons. The highest BCUT2D eigenvalue weighted by molar-refractivity contribution is 6.31. The molecule has 0 N–H and O–H groups in total. The fraction of sp³-hybridized carbons (Fsp3) is 0. The first-order chi connectivity index (χ1) is 19.2. The van der Waals surface area contributed by atoms with E-state index >= 15 is 0 Å². The zero-order valence-electron chi connectivity index (χ0n) is 20.9. The molecular formula is C36H22ClNO. The number of halogens is 1. The van der Waals surface area contributed by atoms with Crippen LogP contribution in [0.25, 0.3) is 54.3 Å². The van der Waals surface area contributed by atoms with E-state index in [9.17, 15) is 0 Å². The van der Waals surface area contributed by atoms with Crippen LogP contribution in [-0.2, 0) is 0 Å². The molecule has 0 spiro atoms. The Bertz CT molecular complexity index is 2210. The molecule has 184 valence electrons. The average Bonchev–Trinajstić information content (AvgIpc) is 3.35. The summed E-state index contributed by atoms with van der Waals surface area (Å²) in [7, 11) is 0. The highest BCUT2D eigenvalue weighted by Gasteiger charge is 2.17. The highest BCUT2D eigenvalue weighted by Crippen LogP contribution is 2.41. The number of furan rings is 1. The van der Waals surface area contributed by atoms with Crippen molar-refractivity contribution in [2.24, 2.45) is 0 Å². The molecular weight excluding hydrogens is 498 g/mol. The summed E-state index contributed by atoms with van der Waals surface area (Å²) >= 11 is 6.27.